The van der Waals surface area contributed by atoms with E-state index in [1.165, 1.54) is 35.5 Å². The van der Waals surface area contributed by atoms with Crippen molar-refractivity contribution in [3.8, 4) is 0 Å². The Morgan fingerprint density at radius 2 is 1.59 bits per heavy atom. The van der Waals surface area contributed by atoms with Crippen molar-refractivity contribution >= 4 is 27.6 Å². The Kier molecular flexibility index (Phi) is 7.30. The van der Waals surface area contributed by atoms with Crippen LogP contribution in [0.15, 0.2) is 29.2 Å². The zero-order valence-corrected chi connectivity index (χ0v) is 19.4. The summed E-state index contributed by atoms with van der Waals surface area (Å²) in [6, 6.07) is 5.54. The predicted octanol–water partition coefficient (Wildman–Crippen LogP) is 3.44. The molecular weight excluding hydrogens is 432 g/mol. The number of aromatic nitrogens is 1. The van der Waals surface area contributed by atoms with Gasteiger partial charge in [0.15, 0.2) is 12.4 Å². The van der Waals surface area contributed by atoms with Crippen LogP contribution in [0.25, 0.3) is 0 Å². The summed E-state index contributed by atoms with van der Waals surface area (Å²) in [6.07, 6.45) is 3.72. The third kappa shape index (κ3) is 4.99. The molecular formula is C23H28N2O6S. The number of H-pyrrole nitrogens is 1. The molecule has 1 aliphatic rings. The highest BCUT2D eigenvalue weighted by Gasteiger charge is 2.26. The summed E-state index contributed by atoms with van der Waals surface area (Å²) < 4.78 is 32.3. The predicted molar refractivity (Wildman–Crippen MR) is 119 cm³/mol. The molecule has 8 nitrogen and oxygen atoms in total. The Morgan fingerprint density at radius 1 is 1.00 bits per heavy atom. The first-order valence-electron chi connectivity index (χ1n) is 10.6. The Morgan fingerprint density at radius 3 is 2.12 bits per heavy atom. The molecule has 2 heterocycles. The highest BCUT2D eigenvalue weighted by atomic mass is 32.2. The number of aromatic amines is 1. The number of carbonyl (C=O) groups is 3. The van der Waals surface area contributed by atoms with E-state index >= 15 is 0 Å². The van der Waals surface area contributed by atoms with Gasteiger partial charge < -0.3 is 9.72 Å². The summed E-state index contributed by atoms with van der Waals surface area (Å²) in [5.74, 6) is -1.33. The average molecular weight is 461 g/mol. The molecule has 9 heteroatoms. The lowest BCUT2D eigenvalue weighted by Gasteiger charge is -2.19. The van der Waals surface area contributed by atoms with Gasteiger partial charge >= 0.3 is 5.97 Å². The van der Waals surface area contributed by atoms with Crippen molar-refractivity contribution in [3.05, 3.63) is 52.3 Å². The number of aryl methyl sites for hydroxylation is 1. The monoisotopic (exact) mass is 460 g/mol. The van der Waals surface area contributed by atoms with Gasteiger partial charge in [-0.05, 0) is 63.4 Å². The van der Waals surface area contributed by atoms with E-state index in [1.807, 2.05) is 0 Å². The van der Waals surface area contributed by atoms with Gasteiger partial charge in [0.1, 0.15) is 0 Å². The summed E-state index contributed by atoms with van der Waals surface area (Å²) in [5.41, 5.74) is 1.96. The van der Waals surface area contributed by atoms with Crippen LogP contribution >= 0.6 is 0 Å². The minimum Gasteiger partial charge on any atom is -0.454 e. The van der Waals surface area contributed by atoms with E-state index in [0.29, 0.717) is 29.9 Å². The number of ether oxygens (including phenoxy) is 1. The lowest BCUT2D eigenvalue weighted by Crippen LogP contribution is -2.31. The summed E-state index contributed by atoms with van der Waals surface area (Å²) in [5, 5.41) is 0. The first kappa shape index (κ1) is 23.9. The normalized spacial score (nSPS) is 15.2. The smallest absolute Gasteiger partial charge is 0.338 e. The van der Waals surface area contributed by atoms with Crippen LogP contribution in [0.3, 0.4) is 0 Å². The van der Waals surface area contributed by atoms with Crippen LogP contribution < -0.4 is 0 Å². The van der Waals surface area contributed by atoms with E-state index < -0.39 is 28.4 Å². The molecule has 1 saturated heterocycles. The fourth-order valence-corrected chi connectivity index (χ4v) is 5.55. The lowest BCUT2D eigenvalue weighted by atomic mass is 10.1. The number of sulfonamides is 1. The van der Waals surface area contributed by atoms with E-state index in [9.17, 15) is 22.8 Å². The topological polar surface area (TPSA) is 114 Å². The quantitative estimate of drug-likeness (QED) is 0.500. The Balaban J connectivity index is 1.66. The largest absolute Gasteiger partial charge is 0.454 e. The van der Waals surface area contributed by atoms with E-state index in [4.69, 9.17) is 4.74 Å². The molecule has 0 saturated carbocycles. The number of esters is 1. The lowest BCUT2D eigenvalue weighted by molar-refractivity contribution is 0.0473. The van der Waals surface area contributed by atoms with Crippen molar-refractivity contribution in [2.24, 2.45) is 0 Å². The van der Waals surface area contributed by atoms with E-state index in [0.717, 1.165) is 25.7 Å². The molecule has 0 spiro atoms. The molecule has 0 radical (unpaired) electrons. The number of carbonyl (C=O) groups excluding carboxylic acids is 3. The van der Waals surface area contributed by atoms with Crippen LogP contribution in [0.1, 0.15) is 75.1 Å². The summed E-state index contributed by atoms with van der Waals surface area (Å²) >= 11 is 0. The van der Waals surface area contributed by atoms with Gasteiger partial charge in [0.2, 0.25) is 15.8 Å². The number of hydrogen-bond acceptors (Lipinski definition) is 6. The van der Waals surface area contributed by atoms with Crippen molar-refractivity contribution in [2.75, 3.05) is 19.7 Å². The van der Waals surface area contributed by atoms with Gasteiger partial charge in [0, 0.05) is 24.3 Å². The number of benzene rings is 1. The number of nitrogens with zero attached hydrogens (tertiary/aromatic N) is 1. The molecule has 3 rings (SSSR count). The van der Waals surface area contributed by atoms with Crippen molar-refractivity contribution in [1.82, 2.24) is 9.29 Å². The molecule has 0 bridgehead atoms. The van der Waals surface area contributed by atoms with Crippen molar-refractivity contribution < 1.29 is 27.5 Å². The molecule has 2 aromatic rings. The van der Waals surface area contributed by atoms with E-state index in [1.54, 1.807) is 13.8 Å². The second kappa shape index (κ2) is 9.79. The van der Waals surface area contributed by atoms with Gasteiger partial charge in [-0.2, -0.15) is 4.31 Å². The number of hydrogen-bond donors (Lipinski definition) is 1. The van der Waals surface area contributed by atoms with Gasteiger partial charge in [-0.15, -0.1) is 0 Å². The van der Waals surface area contributed by atoms with Crippen LogP contribution in [0, 0.1) is 13.8 Å². The van der Waals surface area contributed by atoms with Crippen LogP contribution in [-0.2, 0) is 14.8 Å². The zero-order valence-electron chi connectivity index (χ0n) is 18.6. The third-order valence-electron chi connectivity index (χ3n) is 5.70. The van der Waals surface area contributed by atoms with Gasteiger partial charge in [-0.1, -0.05) is 12.8 Å². The maximum Gasteiger partial charge on any atom is 0.338 e. The molecule has 0 atom stereocenters. The van der Waals surface area contributed by atoms with Crippen LogP contribution in [0.2, 0.25) is 0 Å². The second-order valence-electron chi connectivity index (χ2n) is 8.02. The summed E-state index contributed by atoms with van der Waals surface area (Å²) in [7, 11) is -3.61. The van der Waals surface area contributed by atoms with Crippen molar-refractivity contribution in [3.63, 3.8) is 0 Å². The molecule has 1 aliphatic heterocycles. The molecule has 0 unspecified atom stereocenters. The van der Waals surface area contributed by atoms with Gasteiger partial charge in [-0.25, -0.2) is 13.2 Å². The maximum atomic E-state index is 12.8. The standard InChI is InChI=1S/C23H28N2O6S/c1-15-21(17(3)26)16(2)24-22(15)20(27)14-31-23(28)18-8-10-19(11-9-18)32(29,30)25-12-6-4-5-7-13-25/h8-11,24H,4-7,12-14H2,1-3H3. The number of nitrogens with one attached hydrogen (secondary N) is 1. The molecule has 1 aromatic carbocycles. The van der Waals surface area contributed by atoms with E-state index in [2.05, 4.69) is 4.98 Å². The Bertz CT molecular complexity index is 1120. The highest BCUT2D eigenvalue weighted by molar-refractivity contribution is 7.89. The number of rotatable bonds is 7. The first-order chi connectivity index (χ1) is 15.1. The number of Topliss-reactive ketones (excluding diaryl/α,β-unsaturated/α-hetero) is 2. The van der Waals surface area contributed by atoms with Crippen LogP contribution in [0.4, 0.5) is 0 Å². The first-order valence-corrected chi connectivity index (χ1v) is 12.1. The van der Waals surface area contributed by atoms with Crippen LogP contribution in [-0.4, -0.2) is 54.9 Å². The minimum atomic E-state index is -3.61. The molecule has 1 fully saturated rings. The van der Waals surface area contributed by atoms with E-state index in [-0.39, 0.29) is 21.9 Å². The van der Waals surface area contributed by atoms with Gasteiger partial charge in [-0.3, -0.25) is 9.59 Å². The molecule has 32 heavy (non-hydrogen) atoms. The van der Waals surface area contributed by atoms with Gasteiger partial charge in [0.05, 0.1) is 16.2 Å². The van der Waals surface area contributed by atoms with Crippen LogP contribution in [0.5, 0.6) is 0 Å². The second-order valence-corrected chi connectivity index (χ2v) is 9.96. The zero-order chi connectivity index (χ0) is 23.5. The third-order valence-corrected chi connectivity index (χ3v) is 7.61. The molecule has 1 N–H and O–H groups in total. The highest BCUT2D eigenvalue weighted by Crippen LogP contribution is 2.22. The fourth-order valence-electron chi connectivity index (χ4n) is 4.04. The molecule has 172 valence electrons. The SMILES string of the molecule is CC(=O)c1c(C)[nH]c(C(=O)COC(=O)c2ccc(S(=O)(=O)N3CCCCCC3)cc2)c1C. The molecule has 0 aliphatic carbocycles. The van der Waals surface area contributed by atoms with Crippen molar-refractivity contribution in [2.45, 2.75) is 51.3 Å². The Labute approximate surface area is 188 Å². The average Bonchev–Trinajstić information content (AvgIpc) is 2.92. The summed E-state index contributed by atoms with van der Waals surface area (Å²) in [6.45, 7) is 5.29. The Hall–Kier alpha value is -2.78. The van der Waals surface area contributed by atoms with Gasteiger partial charge in [0.25, 0.3) is 0 Å². The van der Waals surface area contributed by atoms with Crippen molar-refractivity contribution in [1.29, 1.82) is 0 Å². The maximum absolute atomic E-state index is 12.8. The fraction of sp³-hybridized carbons (Fsp3) is 0.435. The summed E-state index contributed by atoms with van der Waals surface area (Å²) in [4.78, 5) is 39.6. The minimum absolute atomic E-state index is 0.126. The molecule has 0 amide bonds. The number of ketones is 2. The molecule has 1 aromatic heterocycles.